The summed E-state index contributed by atoms with van der Waals surface area (Å²) in [6.45, 7) is 0. The molecule has 0 aliphatic heterocycles. The maximum Gasteiger partial charge on any atom is 0.416 e. The van der Waals surface area contributed by atoms with Gasteiger partial charge in [-0.15, -0.1) is 0 Å². The van der Waals surface area contributed by atoms with E-state index in [9.17, 15) is 21.6 Å². The summed E-state index contributed by atoms with van der Waals surface area (Å²) in [5, 5.41) is 0. The highest BCUT2D eigenvalue weighted by Gasteiger charge is 2.33. The number of nitrogens with zero attached hydrogens (tertiary/aromatic N) is 2. The van der Waals surface area contributed by atoms with E-state index in [0.29, 0.717) is 11.3 Å². The first-order valence-corrected chi connectivity index (χ1v) is 9.76. The van der Waals surface area contributed by atoms with Crippen LogP contribution in [-0.4, -0.2) is 24.8 Å². The van der Waals surface area contributed by atoms with Gasteiger partial charge in [-0.25, -0.2) is 8.42 Å². The fourth-order valence-corrected chi connectivity index (χ4v) is 4.18. The number of alkyl halides is 3. The van der Waals surface area contributed by atoms with Gasteiger partial charge < -0.3 is 0 Å². The van der Waals surface area contributed by atoms with E-state index in [0.717, 1.165) is 28.6 Å². The summed E-state index contributed by atoms with van der Waals surface area (Å²) < 4.78 is 65.6. The standard InChI is InChI=1S/C20H17F3N2O2S/c1-25(28(26,27)17-12-10-16(11-13-17)20(21,22)23)19(15-7-3-2-4-8-15)18-9-5-6-14-24-18/h2-14,19H,1H3/t19-/m0/s1. The predicted molar refractivity (Wildman–Crippen MR) is 98.9 cm³/mol. The highest BCUT2D eigenvalue weighted by Crippen LogP contribution is 2.33. The van der Waals surface area contributed by atoms with E-state index in [1.807, 2.05) is 6.07 Å². The van der Waals surface area contributed by atoms with Crippen molar-refractivity contribution in [1.82, 2.24) is 9.29 Å². The van der Waals surface area contributed by atoms with Crippen molar-refractivity contribution in [2.75, 3.05) is 7.05 Å². The van der Waals surface area contributed by atoms with Gasteiger partial charge in [0.25, 0.3) is 0 Å². The third-order valence-corrected chi connectivity index (χ3v) is 6.14. The Morgan fingerprint density at radius 1 is 0.893 bits per heavy atom. The summed E-state index contributed by atoms with van der Waals surface area (Å²) in [5.41, 5.74) is 0.296. The molecule has 0 saturated carbocycles. The molecule has 1 atom stereocenters. The van der Waals surface area contributed by atoms with Crippen LogP contribution in [0.1, 0.15) is 22.9 Å². The van der Waals surface area contributed by atoms with Gasteiger partial charge in [-0.1, -0.05) is 36.4 Å². The van der Waals surface area contributed by atoms with E-state index in [1.54, 1.807) is 48.7 Å². The Morgan fingerprint density at radius 2 is 1.50 bits per heavy atom. The van der Waals surface area contributed by atoms with Gasteiger partial charge in [0.15, 0.2) is 0 Å². The van der Waals surface area contributed by atoms with E-state index in [4.69, 9.17) is 0 Å². The molecule has 0 N–H and O–H groups in total. The molecule has 0 radical (unpaired) electrons. The van der Waals surface area contributed by atoms with E-state index < -0.39 is 27.8 Å². The summed E-state index contributed by atoms with van der Waals surface area (Å²) >= 11 is 0. The molecule has 1 heterocycles. The lowest BCUT2D eigenvalue weighted by Gasteiger charge is -2.27. The third-order valence-electron chi connectivity index (χ3n) is 4.31. The van der Waals surface area contributed by atoms with Crippen molar-refractivity contribution in [3.8, 4) is 0 Å². The molecule has 0 bridgehead atoms. The monoisotopic (exact) mass is 406 g/mol. The largest absolute Gasteiger partial charge is 0.416 e. The van der Waals surface area contributed by atoms with E-state index >= 15 is 0 Å². The lowest BCUT2D eigenvalue weighted by atomic mass is 10.0. The average Bonchev–Trinajstić information content (AvgIpc) is 2.69. The summed E-state index contributed by atoms with van der Waals surface area (Å²) in [5.74, 6) is 0. The number of sulfonamides is 1. The summed E-state index contributed by atoms with van der Waals surface area (Å²) in [7, 11) is -2.68. The van der Waals surface area contributed by atoms with Crippen molar-refractivity contribution in [2.24, 2.45) is 0 Å². The summed E-state index contributed by atoms with van der Waals surface area (Å²) in [6, 6.07) is 16.8. The van der Waals surface area contributed by atoms with Gasteiger partial charge in [0.1, 0.15) is 0 Å². The molecule has 0 saturated heterocycles. The molecule has 4 nitrogen and oxygen atoms in total. The molecule has 28 heavy (non-hydrogen) atoms. The smallest absolute Gasteiger partial charge is 0.259 e. The van der Waals surface area contributed by atoms with Gasteiger partial charge in [-0.3, -0.25) is 4.98 Å². The van der Waals surface area contributed by atoms with Crippen molar-refractivity contribution in [1.29, 1.82) is 0 Å². The molecule has 0 unspecified atom stereocenters. The second-order valence-corrected chi connectivity index (χ2v) is 8.11. The van der Waals surface area contributed by atoms with Gasteiger partial charge in [0.05, 0.1) is 22.2 Å². The maximum absolute atomic E-state index is 13.1. The normalized spacial score (nSPS) is 13.5. The fourth-order valence-electron chi connectivity index (χ4n) is 2.86. The van der Waals surface area contributed by atoms with Gasteiger partial charge >= 0.3 is 6.18 Å². The van der Waals surface area contributed by atoms with Crippen LogP contribution in [0.4, 0.5) is 13.2 Å². The molecule has 2 aromatic carbocycles. The molecule has 0 amide bonds. The zero-order valence-corrected chi connectivity index (χ0v) is 15.7. The molecule has 0 aliphatic carbocycles. The Balaban J connectivity index is 2.04. The Morgan fingerprint density at radius 3 is 2.04 bits per heavy atom. The molecule has 146 valence electrons. The fraction of sp³-hybridized carbons (Fsp3) is 0.150. The molecule has 3 aromatic rings. The molecular weight excluding hydrogens is 389 g/mol. The SMILES string of the molecule is CN([C@@H](c1ccccc1)c1ccccn1)S(=O)(=O)c1ccc(C(F)(F)F)cc1. The van der Waals surface area contributed by atoms with Gasteiger partial charge in [-0.05, 0) is 42.0 Å². The molecular formula is C20H17F3N2O2S. The first-order valence-electron chi connectivity index (χ1n) is 8.32. The van der Waals surface area contributed by atoms with Crippen LogP contribution in [0.5, 0.6) is 0 Å². The van der Waals surface area contributed by atoms with Crippen molar-refractivity contribution in [2.45, 2.75) is 17.1 Å². The second-order valence-electron chi connectivity index (χ2n) is 6.11. The van der Waals surface area contributed by atoms with Crippen LogP contribution in [0.15, 0.2) is 83.9 Å². The number of pyridine rings is 1. The molecule has 3 rings (SSSR count). The Hall–Kier alpha value is -2.71. The summed E-state index contributed by atoms with van der Waals surface area (Å²) in [4.78, 5) is 4.05. The number of hydrogen-bond donors (Lipinski definition) is 0. The number of benzene rings is 2. The highest BCUT2D eigenvalue weighted by atomic mass is 32.2. The maximum atomic E-state index is 13.1. The summed E-state index contributed by atoms with van der Waals surface area (Å²) in [6.07, 6.45) is -2.97. The lowest BCUT2D eigenvalue weighted by Crippen LogP contribution is -2.32. The number of rotatable bonds is 5. The zero-order chi connectivity index (χ0) is 20.4. The van der Waals surface area contributed by atoms with Crippen LogP contribution in [0.25, 0.3) is 0 Å². The lowest BCUT2D eigenvalue weighted by molar-refractivity contribution is -0.137. The van der Waals surface area contributed by atoms with Crippen LogP contribution in [0.3, 0.4) is 0 Å². The number of aromatic nitrogens is 1. The third kappa shape index (κ3) is 4.07. The van der Waals surface area contributed by atoms with Gasteiger partial charge in [0, 0.05) is 13.2 Å². The van der Waals surface area contributed by atoms with E-state index in [1.165, 1.54) is 7.05 Å². The van der Waals surface area contributed by atoms with Crippen LogP contribution in [-0.2, 0) is 16.2 Å². The number of hydrogen-bond acceptors (Lipinski definition) is 3. The molecule has 0 fully saturated rings. The van der Waals surface area contributed by atoms with E-state index in [-0.39, 0.29) is 4.90 Å². The predicted octanol–water partition coefficient (Wildman–Crippen LogP) is 4.51. The van der Waals surface area contributed by atoms with Crippen LogP contribution >= 0.6 is 0 Å². The average molecular weight is 406 g/mol. The van der Waals surface area contributed by atoms with Gasteiger partial charge in [-0.2, -0.15) is 17.5 Å². The highest BCUT2D eigenvalue weighted by molar-refractivity contribution is 7.89. The molecule has 0 spiro atoms. The van der Waals surface area contributed by atoms with Crippen LogP contribution in [0.2, 0.25) is 0 Å². The topological polar surface area (TPSA) is 50.3 Å². The van der Waals surface area contributed by atoms with Crippen LogP contribution < -0.4 is 0 Å². The molecule has 8 heteroatoms. The van der Waals surface area contributed by atoms with Crippen molar-refractivity contribution in [3.63, 3.8) is 0 Å². The van der Waals surface area contributed by atoms with E-state index in [2.05, 4.69) is 4.98 Å². The number of halogens is 3. The minimum absolute atomic E-state index is 0.222. The first-order chi connectivity index (χ1) is 13.2. The van der Waals surface area contributed by atoms with Crippen molar-refractivity contribution in [3.05, 3.63) is 95.8 Å². The molecule has 1 aromatic heterocycles. The minimum Gasteiger partial charge on any atom is -0.259 e. The quantitative estimate of drug-likeness (QED) is 0.626. The van der Waals surface area contributed by atoms with Gasteiger partial charge in [0.2, 0.25) is 10.0 Å². The Labute approximate surface area is 161 Å². The van der Waals surface area contributed by atoms with Crippen LogP contribution in [0, 0.1) is 0 Å². The Bertz CT molecular complexity index is 983. The second kappa shape index (κ2) is 7.73. The zero-order valence-electron chi connectivity index (χ0n) is 14.8. The van der Waals surface area contributed by atoms with Crippen molar-refractivity contribution >= 4 is 10.0 Å². The van der Waals surface area contributed by atoms with Crippen molar-refractivity contribution < 1.29 is 21.6 Å². The first kappa shape index (κ1) is 20.0. The Kier molecular flexibility index (Phi) is 5.53. The minimum atomic E-state index is -4.53. The molecule has 0 aliphatic rings.